The molecule has 2 atom stereocenters. The van der Waals surface area contributed by atoms with Crippen molar-refractivity contribution in [3.63, 3.8) is 0 Å². The molecule has 10 heteroatoms. The van der Waals surface area contributed by atoms with Crippen molar-refractivity contribution in [2.75, 3.05) is 11.5 Å². The highest BCUT2D eigenvalue weighted by molar-refractivity contribution is 6.53. The number of aryl methyl sites for hydroxylation is 2. The van der Waals surface area contributed by atoms with E-state index < -0.39 is 35.6 Å². The van der Waals surface area contributed by atoms with Gasteiger partial charge in [-0.25, -0.2) is 14.4 Å². The van der Waals surface area contributed by atoms with Gasteiger partial charge in [0.2, 0.25) is 17.8 Å². The lowest BCUT2D eigenvalue weighted by atomic mass is 9.92. The molecule has 1 aromatic heterocycles. The minimum atomic E-state index is -1.26. The van der Waals surface area contributed by atoms with Crippen LogP contribution in [-0.4, -0.2) is 51.8 Å². The number of benzene rings is 2. The number of rotatable bonds is 6. The Kier molecular flexibility index (Phi) is 5.94. The van der Waals surface area contributed by atoms with Crippen molar-refractivity contribution in [1.29, 1.82) is 0 Å². The first-order valence-corrected chi connectivity index (χ1v) is 11.8. The summed E-state index contributed by atoms with van der Waals surface area (Å²) >= 11 is 0. The predicted octanol–water partition coefficient (Wildman–Crippen LogP) is 3.10. The molecule has 1 saturated heterocycles. The van der Waals surface area contributed by atoms with Crippen molar-refractivity contribution in [3.8, 4) is 5.69 Å². The third-order valence-electron chi connectivity index (χ3n) is 6.49. The van der Waals surface area contributed by atoms with Gasteiger partial charge in [-0.15, -0.1) is 0 Å². The molecule has 2 aliphatic heterocycles. The number of carbonyl (C=O) groups is 4. The molecule has 0 spiro atoms. The molecular weight excluding hydrogens is 476 g/mol. The second kappa shape index (κ2) is 9.12. The minimum absolute atomic E-state index is 0.0587. The summed E-state index contributed by atoms with van der Waals surface area (Å²) in [6.45, 7) is 7.08. The summed E-state index contributed by atoms with van der Waals surface area (Å²) in [6.07, 6.45) is -1.26. The maximum absolute atomic E-state index is 13.8. The van der Waals surface area contributed by atoms with Crippen LogP contribution < -0.4 is 4.90 Å². The molecule has 37 heavy (non-hydrogen) atoms. The first kappa shape index (κ1) is 24.1. The number of ketones is 1. The van der Waals surface area contributed by atoms with E-state index in [0.717, 1.165) is 10.5 Å². The van der Waals surface area contributed by atoms with E-state index in [4.69, 9.17) is 9.57 Å². The van der Waals surface area contributed by atoms with E-state index in [1.807, 2.05) is 31.2 Å². The molecule has 2 aromatic carbocycles. The highest BCUT2D eigenvalue weighted by atomic mass is 16.7. The molecule has 2 amide bonds. The van der Waals surface area contributed by atoms with Gasteiger partial charge in [0.05, 0.1) is 29.2 Å². The Hall–Kier alpha value is -4.60. The maximum atomic E-state index is 13.8. The van der Waals surface area contributed by atoms with Gasteiger partial charge < -0.3 is 9.57 Å². The Balaban J connectivity index is 1.56. The number of esters is 1. The fourth-order valence-electron chi connectivity index (χ4n) is 4.60. The van der Waals surface area contributed by atoms with E-state index in [9.17, 15) is 19.2 Å². The van der Waals surface area contributed by atoms with Gasteiger partial charge in [-0.05, 0) is 51.5 Å². The molecule has 3 aromatic rings. The van der Waals surface area contributed by atoms with Crippen molar-refractivity contribution in [2.24, 2.45) is 11.1 Å². The van der Waals surface area contributed by atoms with Crippen molar-refractivity contribution in [2.45, 2.75) is 33.8 Å². The summed E-state index contributed by atoms with van der Waals surface area (Å²) in [4.78, 5) is 59.5. The van der Waals surface area contributed by atoms with Crippen LogP contribution in [0, 0.1) is 26.7 Å². The van der Waals surface area contributed by atoms with E-state index in [1.54, 1.807) is 45.0 Å². The summed E-state index contributed by atoms with van der Waals surface area (Å²) in [5.74, 6) is -3.97. The molecule has 5 rings (SSSR count). The number of anilines is 1. The third-order valence-corrected chi connectivity index (χ3v) is 6.49. The average Bonchev–Trinajstić information content (AvgIpc) is 3.53. The van der Waals surface area contributed by atoms with Gasteiger partial charge >= 0.3 is 5.97 Å². The normalized spacial score (nSPS) is 18.5. The molecule has 2 aliphatic rings. The first-order chi connectivity index (χ1) is 17.7. The van der Waals surface area contributed by atoms with Crippen LogP contribution in [0.2, 0.25) is 0 Å². The van der Waals surface area contributed by atoms with Crippen LogP contribution in [-0.2, 0) is 19.2 Å². The van der Waals surface area contributed by atoms with Crippen LogP contribution >= 0.6 is 0 Å². The van der Waals surface area contributed by atoms with Crippen LogP contribution in [0.4, 0.5) is 5.69 Å². The predicted molar refractivity (Wildman–Crippen MR) is 133 cm³/mol. The summed E-state index contributed by atoms with van der Waals surface area (Å²) in [5, 5.41) is 8.22. The Morgan fingerprint density at radius 2 is 1.70 bits per heavy atom. The standard InChI is InChI=1S/C27H24N4O6/c1-5-36-27(35)22-19(16(4)31(28-22)17-12-10-14(2)11-13-17)23(32)21-20-24(37-29-21)26(34)30(25(20)33)18-9-7-6-8-15(18)3/h6-13,20,24H,5H2,1-4H3/t20-,24-/m0/s1. The zero-order chi connectivity index (χ0) is 26.4. The number of hydrogen-bond acceptors (Lipinski definition) is 8. The second-order valence-electron chi connectivity index (χ2n) is 8.88. The van der Waals surface area contributed by atoms with Crippen molar-refractivity contribution >= 4 is 35.0 Å². The number of imide groups is 1. The van der Waals surface area contributed by atoms with Gasteiger partial charge in [0.1, 0.15) is 11.6 Å². The lowest BCUT2D eigenvalue weighted by Crippen LogP contribution is -2.35. The van der Waals surface area contributed by atoms with E-state index in [-0.39, 0.29) is 23.6 Å². The fourth-order valence-corrected chi connectivity index (χ4v) is 4.60. The lowest BCUT2D eigenvalue weighted by Gasteiger charge is -2.17. The molecule has 10 nitrogen and oxygen atoms in total. The number of Topliss-reactive ketones (excluding diaryl/α,β-unsaturated/α-hetero) is 1. The molecule has 0 unspecified atom stereocenters. The Bertz CT molecular complexity index is 1490. The largest absolute Gasteiger partial charge is 0.461 e. The third kappa shape index (κ3) is 3.81. The lowest BCUT2D eigenvalue weighted by molar-refractivity contribution is -0.126. The van der Waals surface area contributed by atoms with Gasteiger partial charge in [-0.3, -0.25) is 14.4 Å². The number of carbonyl (C=O) groups excluding carboxylic acids is 4. The van der Waals surface area contributed by atoms with Crippen molar-refractivity contribution in [3.05, 3.63) is 76.6 Å². The van der Waals surface area contributed by atoms with Gasteiger partial charge in [-0.1, -0.05) is 41.1 Å². The Morgan fingerprint density at radius 3 is 2.38 bits per heavy atom. The maximum Gasteiger partial charge on any atom is 0.359 e. The summed E-state index contributed by atoms with van der Waals surface area (Å²) in [5.41, 5.74) is 2.63. The molecule has 188 valence electrons. The minimum Gasteiger partial charge on any atom is -0.461 e. The average molecular weight is 501 g/mol. The molecule has 0 saturated carbocycles. The molecular formula is C27H24N4O6. The Morgan fingerprint density at radius 1 is 1.00 bits per heavy atom. The SMILES string of the molecule is CCOC(=O)c1nn(-c2ccc(C)cc2)c(C)c1C(=O)C1=NO[C@@H]2C(=O)N(c3ccccc3C)C(=O)[C@@H]12. The smallest absolute Gasteiger partial charge is 0.359 e. The van der Waals surface area contributed by atoms with Crippen LogP contribution in [0.5, 0.6) is 0 Å². The first-order valence-electron chi connectivity index (χ1n) is 11.8. The van der Waals surface area contributed by atoms with E-state index in [1.165, 1.54) is 4.68 Å². The van der Waals surface area contributed by atoms with Gasteiger partial charge in [-0.2, -0.15) is 5.10 Å². The van der Waals surface area contributed by atoms with Crippen LogP contribution in [0.25, 0.3) is 5.69 Å². The highest BCUT2D eigenvalue weighted by Crippen LogP contribution is 2.36. The molecule has 0 aliphatic carbocycles. The fraction of sp³-hybridized carbons (Fsp3) is 0.259. The zero-order valence-corrected chi connectivity index (χ0v) is 20.7. The van der Waals surface area contributed by atoms with E-state index >= 15 is 0 Å². The van der Waals surface area contributed by atoms with E-state index in [2.05, 4.69) is 10.3 Å². The second-order valence-corrected chi connectivity index (χ2v) is 8.88. The van der Waals surface area contributed by atoms with Gasteiger partial charge in [0.25, 0.3) is 5.91 Å². The number of nitrogens with zero attached hydrogens (tertiary/aromatic N) is 4. The monoisotopic (exact) mass is 500 g/mol. The molecule has 0 N–H and O–H groups in total. The van der Waals surface area contributed by atoms with Gasteiger partial charge in [0, 0.05) is 0 Å². The number of fused-ring (bicyclic) bond motifs is 1. The van der Waals surface area contributed by atoms with Crippen molar-refractivity contribution in [1.82, 2.24) is 9.78 Å². The molecule has 0 radical (unpaired) electrons. The Labute approximate surface area is 212 Å². The number of oxime groups is 1. The summed E-state index contributed by atoms with van der Waals surface area (Å²) < 4.78 is 6.62. The molecule has 1 fully saturated rings. The van der Waals surface area contributed by atoms with Crippen LogP contribution in [0.15, 0.2) is 53.7 Å². The van der Waals surface area contributed by atoms with Crippen molar-refractivity contribution < 1.29 is 28.8 Å². The van der Waals surface area contributed by atoms with E-state index in [0.29, 0.717) is 22.6 Å². The van der Waals surface area contributed by atoms with Gasteiger partial charge in [0.15, 0.2) is 5.69 Å². The number of amides is 2. The number of hydrogen-bond donors (Lipinski definition) is 0. The topological polar surface area (TPSA) is 120 Å². The van der Waals surface area contributed by atoms with Crippen LogP contribution in [0.1, 0.15) is 44.6 Å². The quantitative estimate of drug-likeness (QED) is 0.290. The number of ether oxygens (including phenoxy) is 1. The zero-order valence-electron chi connectivity index (χ0n) is 20.7. The highest BCUT2D eigenvalue weighted by Gasteiger charge is 2.58. The number of aromatic nitrogens is 2. The summed E-state index contributed by atoms with van der Waals surface area (Å²) in [6, 6.07) is 14.3. The molecule has 3 heterocycles. The summed E-state index contributed by atoms with van der Waals surface area (Å²) in [7, 11) is 0. The molecule has 0 bridgehead atoms. The van der Waals surface area contributed by atoms with Crippen LogP contribution in [0.3, 0.4) is 0 Å². The number of para-hydroxylation sites is 1.